The molecule has 4 nitrogen and oxygen atoms in total. The first-order chi connectivity index (χ1) is 9.33. The van der Waals surface area contributed by atoms with E-state index in [-0.39, 0.29) is 12.5 Å². The molecule has 1 aromatic carbocycles. The summed E-state index contributed by atoms with van der Waals surface area (Å²) < 4.78 is 5.34. The van der Waals surface area contributed by atoms with Crippen molar-refractivity contribution in [1.82, 2.24) is 4.90 Å². The maximum Gasteiger partial charge on any atom is 0.410 e. The van der Waals surface area contributed by atoms with Crippen LogP contribution in [0.2, 0.25) is 0 Å². The second-order valence-electron chi connectivity index (χ2n) is 5.80. The van der Waals surface area contributed by atoms with E-state index in [0.717, 1.165) is 5.56 Å². The zero-order valence-electron chi connectivity index (χ0n) is 12.6. The first-order valence-electron chi connectivity index (χ1n) is 6.70. The predicted molar refractivity (Wildman–Crippen MR) is 78.2 cm³/mol. The van der Waals surface area contributed by atoms with E-state index in [4.69, 9.17) is 10.00 Å². The fourth-order valence-electron chi connectivity index (χ4n) is 1.82. The second kappa shape index (κ2) is 6.95. The van der Waals surface area contributed by atoms with E-state index in [0.29, 0.717) is 6.42 Å². The number of ether oxygens (including phenoxy) is 1. The van der Waals surface area contributed by atoms with Crippen molar-refractivity contribution in [2.75, 3.05) is 7.05 Å². The van der Waals surface area contributed by atoms with Gasteiger partial charge < -0.3 is 9.64 Å². The van der Waals surface area contributed by atoms with Gasteiger partial charge in [0.2, 0.25) is 0 Å². The number of benzene rings is 1. The lowest BCUT2D eigenvalue weighted by Gasteiger charge is -2.29. The van der Waals surface area contributed by atoms with Gasteiger partial charge in [0.1, 0.15) is 5.60 Å². The Morgan fingerprint density at radius 1 is 1.35 bits per heavy atom. The summed E-state index contributed by atoms with van der Waals surface area (Å²) in [4.78, 5) is 13.6. The molecule has 0 bridgehead atoms. The molecule has 0 aromatic heterocycles. The third-order valence-electron chi connectivity index (χ3n) is 2.87. The van der Waals surface area contributed by atoms with Gasteiger partial charge in [0.15, 0.2) is 0 Å². The highest BCUT2D eigenvalue weighted by molar-refractivity contribution is 5.68. The molecule has 0 fully saturated rings. The number of hydrogen-bond acceptors (Lipinski definition) is 3. The van der Waals surface area contributed by atoms with Gasteiger partial charge in [-0.05, 0) is 32.8 Å². The highest BCUT2D eigenvalue weighted by atomic mass is 16.6. The van der Waals surface area contributed by atoms with Crippen LogP contribution in [0.5, 0.6) is 0 Å². The summed E-state index contributed by atoms with van der Waals surface area (Å²) in [5.41, 5.74) is 0.568. The van der Waals surface area contributed by atoms with Gasteiger partial charge >= 0.3 is 6.09 Å². The molecule has 0 N–H and O–H groups in total. The molecule has 0 aliphatic heterocycles. The van der Waals surface area contributed by atoms with E-state index >= 15 is 0 Å². The number of rotatable bonds is 4. The van der Waals surface area contributed by atoms with Crippen LogP contribution in [0.1, 0.15) is 32.8 Å². The van der Waals surface area contributed by atoms with Crippen LogP contribution in [0.25, 0.3) is 0 Å². The van der Waals surface area contributed by atoms with Gasteiger partial charge in [-0.15, -0.1) is 0 Å². The number of likely N-dealkylation sites (N-methyl/N-ethyl adjacent to an activating group) is 1. The van der Waals surface area contributed by atoms with E-state index < -0.39 is 11.7 Å². The Morgan fingerprint density at radius 3 is 2.45 bits per heavy atom. The van der Waals surface area contributed by atoms with Crippen LogP contribution >= 0.6 is 0 Å². The first kappa shape index (κ1) is 16.0. The molecule has 1 unspecified atom stereocenters. The monoisotopic (exact) mass is 274 g/mol. The average molecular weight is 274 g/mol. The molecule has 1 atom stereocenters. The van der Waals surface area contributed by atoms with Gasteiger partial charge in [0.25, 0.3) is 0 Å². The molecular weight excluding hydrogens is 252 g/mol. The van der Waals surface area contributed by atoms with Gasteiger partial charge in [0.05, 0.1) is 18.5 Å². The number of hydrogen-bond donors (Lipinski definition) is 0. The first-order valence-corrected chi connectivity index (χ1v) is 6.70. The summed E-state index contributed by atoms with van der Waals surface area (Å²) in [6.45, 7) is 5.49. The Labute approximate surface area is 121 Å². The van der Waals surface area contributed by atoms with Crippen molar-refractivity contribution in [2.24, 2.45) is 0 Å². The second-order valence-corrected chi connectivity index (χ2v) is 5.80. The summed E-state index contributed by atoms with van der Waals surface area (Å²) in [7, 11) is 1.68. The minimum Gasteiger partial charge on any atom is -0.444 e. The lowest BCUT2D eigenvalue weighted by atomic mass is 10.0. The number of amides is 1. The molecule has 108 valence electrons. The largest absolute Gasteiger partial charge is 0.444 e. The molecule has 0 aliphatic rings. The highest BCUT2D eigenvalue weighted by Gasteiger charge is 2.25. The van der Waals surface area contributed by atoms with Gasteiger partial charge in [-0.2, -0.15) is 5.26 Å². The normalized spacial score (nSPS) is 12.3. The molecule has 1 aromatic rings. The molecule has 20 heavy (non-hydrogen) atoms. The maximum atomic E-state index is 12.1. The Balaban J connectivity index is 2.75. The summed E-state index contributed by atoms with van der Waals surface area (Å²) in [6.07, 6.45) is 0.531. The van der Waals surface area contributed by atoms with E-state index in [1.54, 1.807) is 7.05 Å². The molecular formula is C16H22N2O2. The lowest BCUT2D eigenvalue weighted by Crippen LogP contribution is -2.41. The Bertz CT molecular complexity index is 471. The van der Waals surface area contributed by atoms with Gasteiger partial charge in [-0.25, -0.2) is 4.79 Å². The van der Waals surface area contributed by atoms with E-state index in [1.165, 1.54) is 4.90 Å². The quantitative estimate of drug-likeness (QED) is 0.845. The van der Waals surface area contributed by atoms with E-state index in [2.05, 4.69) is 6.07 Å². The summed E-state index contributed by atoms with van der Waals surface area (Å²) in [5.74, 6) is 0. The average Bonchev–Trinajstić information content (AvgIpc) is 2.36. The van der Waals surface area contributed by atoms with Crippen molar-refractivity contribution < 1.29 is 9.53 Å². The van der Waals surface area contributed by atoms with Crippen molar-refractivity contribution in [3.8, 4) is 6.07 Å². The Hall–Kier alpha value is -2.02. The maximum absolute atomic E-state index is 12.1. The number of carbonyl (C=O) groups is 1. The standard InChI is InChI=1S/C16H22N2O2/c1-16(2,3)20-15(19)18(4)14(10-11-17)12-13-8-6-5-7-9-13/h5-9,14H,10,12H2,1-4H3. The highest BCUT2D eigenvalue weighted by Crippen LogP contribution is 2.15. The van der Waals surface area contributed by atoms with Crippen LogP contribution in [0.3, 0.4) is 0 Å². The minimum absolute atomic E-state index is 0.183. The van der Waals surface area contributed by atoms with Crippen LogP contribution in [-0.4, -0.2) is 29.7 Å². The fourth-order valence-corrected chi connectivity index (χ4v) is 1.82. The lowest BCUT2D eigenvalue weighted by molar-refractivity contribution is 0.0225. The van der Waals surface area contributed by atoms with Crippen molar-refractivity contribution in [1.29, 1.82) is 5.26 Å². The number of carbonyl (C=O) groups excluding carboxylic acids is 1. The number of nitriles is 1. The Morgan fingerprint density at radius 2 is 1.95 bits per heavy atom. The van der Waals surface area contributed by atoms with Gasteiger partial charge in [-0.3, -0.25) is 0 Å². The van der Waals surface area contributed by atoms with Gasteiger partial charge in [0, 0.05) is 7.05 Å². The molecule has 1 rings (SSSR count). The fraction of sp³-hybridized carbons (Fsp3) is 0.500. The molecule has 0 heterocycles. The summed E-state index contributed by atoms with van der Waals surface area (Å²) in [5, 5.41) is 8.95. The molecule has 4 heteroatoms. The SMILES string of the molecule is CN(C(=O)OC(C)(C)C)C(CC#N)Cc1ccccc1. The Kier molecular flexibility index (Phi) is 5.57. The van der Waals surface area contributed by atoms with E-state index in [1.807, 2.05) is 51.1 Å². The number of nitrogens with zero attached hydrogens (tertiary/aromatic N) is 2. The third kappa shape index (κ3) is 5.31. The smallest absolute Gasteiger partial charge is 0.410 e. The zero-order valence-corrected chi connectivity index (χ0v) is 12.6. The minimum atomic E-state index is -0.532. The van der Waals surface area contributed by atoms with Crippen molar-refractivity contribution in [2.45, 2.75) is 45.3 Å². The van der Waals surface area contributed by atoms with Gasteiger partial charge in [-0.1, -0.05) is 30.3 Å². The summed E-state index contributed by atoms with van der Waals surface area (Å²) in [6, 6.07) is 11.8. The van der Waals surface area contributed by atoms with Crippen LogP contribution < -0.4 is 0 Å². The van der Waals surface area contributed by atoms with Crippen molar-refractivity contribution in [3.63, 3.8) is 0 Å². The predicted octanol–water partition coefficient (Wildman–Crippen LogP) is 3.38. The molecule has 0 spiro atoms. The van der Waals surface area contributed by atoms with Crippen molar-refractivity contribution >= 4 is 6.09 Å². The third-order valence-corrected chi connectivity index (χ3v) is 2.87. The summed E-state index contributed by atoms with van der Waals surface area (Å²) >= 11 is 0. The molecule has 0 saturated heterocycles. The van der Waals surface area contributed by atoms with Crippen LogP contribution in [0.4, 0.5) is 4.79 Å². The van der Waals surface area contributed by atoms with Crippen LogP contribution in [0, 0.1) is 11.3 Å². The topological polar surface area (TPSA) is 53.3 Å². The van der Waals surface area contributed by atoms with Crippen LogP contribution in [-0.2, 0) is 11.2 Å². The van der Waals surface area contributed by atoms with Crippen LogP contribution in [0.15, 0.2) is 30.3 Å². The van der Waals surface area contributed by atoms with Crippen molar-refractivity contribution in [3.05, 3.63) is 35.9 Å². The molecule has 0 radical (unpaired) electrons. The zero-order chi connectivity index (χ0) is 15.2. The molecule has 1 amide bonds. The van der Waals surface area contributed by atoms with E-state index in [9.17, 15) is 4.79 Å². The molecule has 0 saturated carbocycles. The molecule has 0 aliphatic carbocycles.